The highest BCUT2D eigenvalue weighted by molar-refractivity contribution is 6.32. The molecule has 1 aromatic carbocycles. The van der Waals surface area contributed by atoms with Gasteiger partial charge in [0.15, 0.2) is 13.2 Å². The van der Waals surface area contributed by atoms with E-state index in [9.17, 15) is 14.4 Å². The van der Waals surface area contributed by atoms with Crippen molar-refractivity contribution in [2.24, 2.45) is 0 Å². The van der Waals surface area contributed by atoms with Crippen LogP contribution in [0.4, 0.5) is 0 Å². The van der Waals surface area contributed by atoms with Crippen molar-refractivity contribution in [1.82, 2.24) is 10.2 Å². The van der Waals surface area contributed by atoms with Crippen molar-refractivity contribution in [3.63, 3.8) is 0 Å². The SMILES string of the molecule is CN(C)C(=O)CNC(=O)COC(=O)COc1ccccc1Cl. The maximum absolute atomic E-state index is 11.4. The summed E-state index contributed by atoms with van der Waals surface area (Å²) in [6, 6.07) is 6.67. The van der Waals surface area contributed by atoms with Gasteiger partial charge in [0.05, 0.1) is 11.6 Å². The number of esters is 1. The molecule has 0 aliphatic heterocycles. The Morgan fingerprint density at radius 3 is 2.50 bits per heavy atom. The number of hydrogen-bond donors (Lipinski definition) is 1. The maximum Gasteiger partial charge on any atom is 0.344 e. The number of hydrogen-bond acceptors (Lipinski definition) is 5. The highest BCUT2D eigenvalue weighted by Crippen LogP contribution is 2.22. The number of benzene rings is 1. The van der Waals surface area contributed by atoms with Gasteiger partial charge in [-0.15, -0.1) is 0 Å². The van der Waals surface area contributed by atoms with Crippen LogP contribution in [0.15, 0.2) is 24.3 Å². The molecule has 2 amide bonds. The van der Waals surface area contributed by atoms with Crippen molar-refractivity contribution in [3.05, 3.63) is 29.3 Å². The third kappa shape index (κ3) is 6.45. The van der Waals surface area contributed by atoms with Gasteiger partial charge in [0.2, 0.25) is 5.91 Å². The largest absolute Gasteiger partial charge is 0.480 e. The minimum absolute atomic E-state index is 0.153. The molecule has 0 aliphatic carbocycles. The molecule has 0 saturated carbocycles. The van der Waals surface area contributed by atoms with E-state index in [4.69, 9.17) is 21.1 Å². The topological polar surface area (TPSA) is 84.9 Å². The zero-order valence-electron chi connectivity index (χ0n) is 12.3. The minimum atomic E-state index is -0.714. The molecule has 0 fully saturated rings. The van der Waals surface area contributed by atoms with Crippen LogP contribution in [-0.2, 0) is 19.1 Å². The molecule has 0 spiro atoms. The van der Waals surface area contributed by atoms with Crippen molar-refractivity contribution >= 4 is 29.4 Å². The highest BCUT2D eigenvalue weighted by atomic mass is 35.5. The Labute approximate surface area is 133 Å². The molecule has 0 radical (unpaired) electrons. The van der Waals surface area contributed by atoms with Crippen molar-refractivity contribution in [2.45, 2.75) is 0 Å². The van der Waals surface area contributed by atoms with Crippen molar-refractivity contribution in [3.8, 4) is 5.75 Å². The van der Waals surface area contributed by atoms with Gasteiger partial charge < -0.3 is 19.7 Å². The predicted molar refractivity (Wildman–Crippen MR) is 79.6 cm³/mol. The van der Waals surface area contributed by atoms with Gasteiger partial charge in [-0.25, -0.2) is 4.79 Å². The number of nitrogens with zero attached hydrogens (tertiary/aromatic N) is 1. The predicted octanol–water partition coefficient (Wildman–Crippen LogP) is 0.466. The van der Waals surface area contributed by atoms with E-state index in [0.29, 0.717) is 10.8 Å². The molecule has 0 bridgehead atoms. The Bertz CT molecular complexity index is 548. The summed E-state index contributed by atoms with van der Waals surface area (Å²) < 4.78 is 9.88. The van der Waals surface area contributed by atoms with Gasteiger partial charge in [-0.05, 0) is 12.1 Å². The number of halogens is 1. The monoisotopic (exact) mass is 328 g/mol. The van der Waals surface area contributed by atoms with Crippen LogP contribution in [0.1, 0.15) is 0 Å². The van der Waals surface area contributed by atoms with Crippen LogP contribution in [0.3, 0.4) is 0 Å². The Morgan fingerprint density at radius 1 is 1.18 bits per heavy atom. The number of rotatable bonds is 7. The molecule has 1 N–H and O–H groups in total. The molecule has 0 unspecified atom stereocenters. The molecule has 0 aromatic heterocycles. The molecule has 1 rings (SSSR count). The van der Waals surface area contributed by atoms with Crippen LogP contribution in [0.25, 0.3) is 0 Å². The molecular weight excluding hydrogens is 312 g/mol. The van der Waals surface area contributed by atoms with E-state index in [2.05, 4.69) is 5.32 Å². The molecular formula is C14H17ClN2O5. The first-order valence-electron chi connectivity index (χ1n) is 6.40. The van der Waals surface area contributed by atoms with Crippen molar-refractivity contribution in [1.29, 1.82) is 0 Å². The first kappa shape index (κ1) is 17.8. The smallest absolute Gasteiger partial charge is 0.344 e. The van der Waals surface area contributed by atoms with Crippen molar-refractivity contribution < 1.29 is 23.9 Å². The lowest BCUT2D eigenvalue weighted by Crippen LogP contribution is -2.38. The second-order valence-electron chi connectivity index (χ2n) is 4.44. The summed E-state index contributed by atoms with van der Waals surface area (Å²) in [4.78, 5) is 35.4. The van der Waals surface area contributed by atoms with E-state index in [0.717, 1.165) is 0 Å². The number of likely N-dealkylation sites (N-methyl/N-ethyl adjacent to an activating group) is 1. The van der Waals surface area contributed by atoms with E-state index >= 15 is 0 Å². The zero-order chi connectivity index (χ0) is 16.5. The molecule has 0 saturated heterocycles. The summed E-state index contributed by atoms with van der Waals surface area (Å²) in [5.41, 5.74) is 0. The van der Waals surface area contributed by atoms with Gasteiger partial charge in [0.1, 0.15) is 5.75 Å². The van der Waals surface area contributed by atoms with E-state index in [1.165, 1.54) is 4.90 Å². The van der Waals surface area contributed by atoms with Crippen molar-refractivity contribution in [2.75, 3.05) is 33.9 Å². The van der Waals surface area contributed by atoms with E-state index in [-0.39, 0.29) is 19.1 Å². The molecule has 0 heterocycles. The maximum atomic E-state index is 11.4. The van der Waals surface area contributed by atoms with Gasteiger partial charge in [-0.1, -0.05) is 23.7 Å². The van der Waals surface area contributed by atoms with Gasteiger partial charge >= 0.3 is 5.97 Å². The summed E-state index contributed by atoms with van der Waals surface area (Å²) in [5.74, 6) is -1.20. The first-order valence-corrected chi connectivity index (χ1v) is 6.77. The van der Waals surface area contributed by atoms with E-state index < -0.39 is 18.5 Å². The Hall–Kier alpha value is -2.28. The quantitative estimate of drug-likeness (QED) is 0.735. The van der Waals surface area contributed by atoms with Crippen LogP contribution in [-0.4, -0.2) is 56.5 Å². The fraction of sp³-hybridized carbons (Fsp3) is 0.357. The minimum Gasteiger partial charge on any atom is -0.480 e. The molecule has 120 valence electrons. The normalized spacial score (nSPS) is 9.77. The molecule has 22 heavy (non-hydrogen) atoms. The Morgan fingerprint density at radius 2 is 1.86 bits per heavy atom. The number of ether oxygens (including phenoxy) is 2. The summed E-state index contributed by atoms with van der Waals surface area (Å²) in [6.45, 7) is -1.00. The average Bonchev–Trinajstić information content (AvgIpc) is 2.49. The third-order valence-corrected chi connectivity index (χ3v) is 2.79. The molecule has 0 atom stereocenters. The number of nitrogens with one attached hydrogen (secondary N) is 1. The van der Waals surface area contributed by atoms with E-state index in [1.807, 2.05) is 0 Å². The van der Waals surface area contributed by atoms with Crippen LogP contribution in [0.5, 0.6) is 5.75 Å². The lowest BCUT2D eigenvalue weighted by Gasteiger charge is -2.11. The lowest BCUT2D eigenvalue weighted by atomic mass is 10.3. The molecule has 8 heteroatoms. The second kappa shape index (κ2) is 8.89. The summed E-state index contributed by atoms with van der Waals surface area (Å²) in [5, 5.41) is 2.70. The van der Waals surface area contributed by atoms with Gasteiger partial charge in [0.25, 0.3) is 5.91 Å². The van der Waals surface area contributed by atoms with Gasteiger partial charge in [0, 0.05) is 14.1 Å². The van der Waals surface area contributed by atoms with Crippen LogP contribution in [0.2, 0.25) is 5.02 Å². The number of amides is 2. The van der Waals surface area contributed by atoms with Crippen LogP contribution < -0.4 is 10.1 Å². The molecule has 0 aliphatic rings. The Balaban J connectivity index is 2.24. The average molecular weight is 329 g/mol. The highest BCUT2D eigenvalue weighted by Gasteiger charge is 2.11. The standard InChI is InChI=1S/C14H17ClN2O5/c1-17(2)13(19)7-16-12(18)8-22-14(20)9-21-11-6-4-3-5-10(11)15/h3-6H,7-9H2,1-2H3,(H,16,18). The molecule has 1 aromatic rings. The number of para-hydroxylation sites is 1. The second-order valence-corrected chi connectivity index (χ2v) is 4.85. The van der Waals surface area contributed by atoms with Gasteiger partial charge in [-0.3, -0.25) is 9.59 Å². The third-order valence-electron chi connectivity index (χ3n) is 2.48. The molecule has 7 nitrogen and oxygen atoms in total. The summed E-state index contributed by atoms with van der Waals surface area (Å²) in [7, 11) is 3.14. The lowest BCUT2D eigenvalue weighted by molar-refractivity contribution is -0.150. The zero-order valence-corrected chi connectivity index (χ0v) is 13.1. The van der Waals surface area contributed by atoms with Crippen LogP contribution in [0, 0.1) is 0 Å². The fourth-order valence-electron chi connectivity index (χ4n) is 1.27. The first-order chi connectivity index (χ1) is 10.4. The van der Waals surface area contributed by atoms with Crippen LogP contribution >= 0.6 is 11.6 Å². The van der Waals surface area contributed by atoms with Gasteiger partial charge in [-0.2, -0.15) is 0 Å². The number of carbonyl (C=O) groups is 3. The number of carbonyl (C=O) groups excluding carboxylic acids is 3. The summed E-state index contributed by atoms with van der Waals surface area (Å²) >= 11 is 5.85. The fourth-order valence-corrected chi connectivity index (χ4v) is 1.46. The van der Waals surface area contributed by atoms with E-state index in [1.54, 1.807) is 38.4 Å². The Kier molecular flexibility index (Phi) is 7.18. The summed E-state index contributed by atoms with van der Waals surface area (Å²) in [6.07, 6.45) is 0.